The molecule has 1 aliphatic heterocycles. The van der Waals surface area contributed by atoms with Crippen LogP contribution in [0.3, 0.4) is 0 Å². The number of hydrogen-bond donors (Lipinski definition) is 3. The number of nitrogens with one attached hydrogen (secondary N) is 2. The Bertz CT molecular complexity index is 1630. The summed E-state index contributed by atoms with van der Waals surface area (Å²) in [5, 5.41) is 16.6. The monoisotopic (exact) mass is 567 g/mol. The number of carbonyl (C=O) groups is 2. The van der Waals surface area contributed by atoms with E-state index in [1.165, 1.54) is 0 Å². The normalized spacial score (nSPS) is 16.5. The van der Waals surface area contributed by atoms with E-state index >= 15 is 0 Å². The highest BCUT2D eigenvalue weighted by molar-refractivity contribution is 7.80. The summed E-state index contributed by atoms with van der Waals surface area (Å²) < 4.78 is 2.09. The van der Waals surface area contributed by atoms with Crippen LogP contribution in [0.1, 0.15) is 62.6 Å². The second-order valence-electron chi connectivity index (χ2n) is 10.5. The number of nitrogens with zero attached hydrogens (tertiary/aromatic N) is 3. The highest BCUT2D eigenvalue weighted by Gasteiger charge is 2.41. The lowest BCUT2D eigenvalue weighted by Gasteiger charge is -2.28. The van der Waals surface area contributed by atoms with Crippen molar-refractivity contribution in [2.75, 3.05) is 11.9 Å². The number of rotatable bonds is 8. The van der Waals surface area contributed by atoms with Crippen LogP contribution in [0, 0.1) is 27.7 Å². The average molecular weight is 568 g/mol. The van der Waals surface area contributed by atoms with Crippen molar-refractivity contribution in [1.29, 1.82) is 0 Å². The van der Waals surface area contributed by atoms with E-state index in [9.17, 15) is 14.7 Å². The first-order valence-corrected chi connectivity index (χ1v) is 13.9. The molecule has 210 valence electrons. The summed E-state index contributed by atoms with van der Waals surface area (Å²) in [7, 11) is 0. The maximum Gasteiger partial charge on any atom is 0.335 e. The van der Waals surface area contributed by atoms with Crippen LogP contribution in [0.4, 0.5) is 5.69 Å². The predicted molar refractivity (Wildman–Crippen MR) is 164 cm³/mol. The van der Waals surface area contributed by atoms with Crippen molar-refractivity contribution in [1.82, 2.24) is 19.8 Å². The van der Waals surface area contributed by atoms with Crippen molar-refractivity contribution >= 4 is 34.9 Å². The van der Waals surface area contributed by atoms with Gasteiger partial charge in [-0.1, -0.05) is 24.3 Å². The molecule has 2 aromatic heterocycles. The van der Waals surface area contributed by atoms with E-state index < -0.39 is 5.97 Å². The zero-order valence-corrected chi connectivity index (χ0v) is 24.3. The van der Waals surface area contributed by atoms with E-state index in [1.807, 2.05) is 76.2 Å². The van der Waals surface area contributed by atoms with Crippen LogP contribution < -0.4 is 10.6 Å². The fourth-order valence-electron chi connectivity index (χ4n) is 5.59. The van der Waals surface area contributed by atoms with Crippen LogP contribution in [0.15, 0.2) is 72.9 Å². The molecule has 41 heavy (non-hydrogen) atoms. The molecule has 3 N–H and O–H groups in total. The predicted octanol–water partition coefficient (Wildman–Crippen LogP) is 5.81. The van der Waals surface area contributed by atoms with Crippen molar-refractivity contribution in [3.8, 4) is 5.69 Å². The number of anilines is 1. The SMILES string of the molecule is Cc1cccc(NC(=O)CCN2C(=S)N[C@H](c3ccccn3)[C@@H]2c2cc(C)n(-c3cc(C(=O)O)ccc3C)c2C)c1. The van der Waals surface area contributed by atoms with Gasteiger partial charge in [0.15, 0.2) is 5.11 Å². The Labute approximate surface area is 245 Å². The quantitative estimate of drug-likeness (QED) is 0.231. The van der Waals surface area contributed by atoms with E-state index in [0.29, 0.717) is 11.7 Å². The summed E-state index contributed by atoms with van der Waals surface area (Å²) in [4.78, 5) is 31.4. The average Bonchev–Trinajstić information content (AvgIpc) is 3.42. The van der Waals surface area contributed by atoms with Gasteiger partial charge in [-0.3, -0.25) is 9.78 Å². The Balaban J connectivity index is 1.51. The molecule has 0 radical (unpaired) electrons. The van der Waals surface area contributed by atoms with Crippen molar-refractivity contribution in [3.63, 3.8) is 0 Å². The van der Waals surface area contributed by atoms with E-state index in [-0.39, 0.29) is 30.0 Å². The molecule has 9 heteroatoms. The summed E-state index contributed by atoms with van der Waals surface area (Å²) in [6.07, 6.45) is 2.01. The topological polar surface area (TPSA) is 99.5 Å². The first kappa shape index (κ1) is 28.0. The van der Waals surface area contributed by atoms with Gasteiger partial charge >= 0.3 is 5.97 Å². The van der Waals surface area contributed by atoms with Crippen LogP contribution >= 0.6 is 12.2 Å². The molecular weight excluding hydrogens is 534 g/mol. The molecule has 2 aromatic carbocycles. The molecule has 1 fully saturated rings. The Hall–Kier alpha value is -4.50. The number of aryl methyl sites for hydroxylation is 3. The highest BCUT2D eigenvalue weighted by atomic mass is 32.1. The largest absolute Gasteiger partial charge is 0.478 e. The summed E-state index contributed by atoms with van der Waals surface area (Å²) in [6.45, 7) is 8.42. The van der Waals surface area contributed by atoms with Crippen LogP contribution in [-0.2, 0) is 4.79 Å². The molecule has 1 amide bonds. The summed E-state index contributed by atoms with van der Waals surface area (Å²) in [5.41, 5.74) is 7.68. The number of carboxylic acid groups (broad SMARTS) is 1. The number of carbonyl (C=O) groups excluding carboxylic acids is 1. The van der Waals surface area contributed by atoms with Gasteiger partial charge in [0.05, 0.1) is 23.3 Å². The zero-order chi connectivity index (χ0) is 29.3. The molecule has 1 aliphatic rings. The first-order valence-electron chi connectivity index (χ1n) is 13.5. The summed E-state index contributed by atoms with van der Waals surface area (Å²) in [5.74, 6) is -1.06. The van der Waals surface area contributed by atoms with E-state index in [0.717, 1.165) is 45.1 Å². The van der Waals surface area contributed by atoms with Gasteiger partial charge in [0.1, 0.15) is 0 Å². The number of hydrogen-bond acceptors (Lipinski definition) is 4. The minimum atomic E-state index is -0.968. The maximum absolute atomic E-state index is 13.0. The van der Waals surface area contributed by atoms with Gasteiger partial charge in [-0.15, -0.1) is 0 Å². The highest BCUT2D eigenvalue weighted by Crippen LogP contribution is 2.41. The van der Waals surface area contributed by atoms with E-state index in [1.54, 1.807) is 18.3 Å². The van der Waals surface area contributed by atoms with Crippen molar-refractivity contribution < 1.29 is 14.7 Å². The molecule has 0 aliphatic carbocycles. The number of thiocarbonyl (C=S) groups is 1. The van der Waals surface area contributed by atoms with Crippen LogP contribution in [0.25, 0.3) is 5.69 Å². The lowest BCUT2D eigenvalue weighted by Crippen LogP contribution is -2.32. The van der Waals surface area contributed by atoms with Gasteiger partial charge in [-0.25, -0.2) is 4.79 Å². The molecule has 0 unspecified atom stereocenters. The fourth-order valence-corrected chi connectivity index (χ4v) is 5.93. The van der Waals surface area contributed by atoms with Gasteiger partial charge in [-0.05, 0) is 99.1 Å². The third-order valence-electron chi connectivity index (χ3n) is 7.57. The third kappa shape index (κ3) is 5.71. The maximum atomic E-state index is 13.0. The van der Waals surface area contributed by atoms with Crippen LogP contribution in [-0.4, -0.2) is 43.1 Å². The number of benzene rings is 2. The minimum absolute atomic E-state index is 0.0926. The van der Waals surface area contributed by atoms with Gasteiger partial charge in [-0.2, -0.15) is 0 Å². The van der Waals surface area contributed by atoms with Crippen molar-refractivity contribution in [2.24, 2.45) is 0 Å². The van der Waals surface area contributed by atoms with E-state index in [2.05, 4.69) is 31.2 Å². The van der Waals surface area contributed by atoms with Crippen LogP contribution in [0.5, 0.6) is 0 Å². The minimum Gasteiger partial charge on any atom is -0.478 e. The molecule has 3 heterocycles. The number of pyridine rings is 1. The van der Waals surface area contributed by atoms with E-state index in [4.69, 9.17) is 12.2 Å². The van der Waals surface area contributed by atoms with Gasteiger partial charge in [0.25, 0.3) is 0 Å². The standard InChI is InChI=1S/C32H33N5O3S/c1-19-8-7-9-24(16-19)34-28(38)13-15-36-30(29(35-32(36)41)26-10-5-6-14-33-26)25-17-21(3)37(22(25)4)27-18-23(31(39)40)12-11-20(27)2/h5-12,14,16-18,29-30H,13,15H2,1-4H3,(H,34,38)(H,35,41)(H,39,40)/t29-,30+/m1/s1. The van der Waals surface area contributed by atoms with Crippen molar-refractivity contribution in [3.05, 3.63) is 112 Å². The van der Waals surface area contributed by atoms with Gasteiger partial charge in [0.2, 0.25) is 5.91 Å². The Morgan fingerprint density at radius 2 is 1.83 bits per heavy atom. The lowest BCUT2D eigenvalue weighted by molar-refractivity contribution is -0.116. The van der Waals surface area contributed by atoms with Crippen molar-refractivity contribution in [2.45, 2.75) is 46.2 Å². The fraction of sp³-hybridized carbons (Fsp3) is 0.250. The molecule has 2 atom stereocenters. The zero-order valence-electron chi connectivity index (χ0n) is 23.5. The van der Waals surface area contributed by atoms with Gasteiger partial charge < -0.3 is 25.2 Å². The Morgan fingerprint density at radius 3 is 2.54 bits per heavy atom. The molecular formula is C32H33N5O3S. The molecule has 0 spiro atoms. The summed E-state index contributed by atoms with van der Waals surface area (Å²) >= 11 is 5.82. The Kier molecular flexibility index (Phi) is 7.90. The van der Waals surface area contributed by atoms with Crippen LogP contribution in [0.2, 0.25) is 0 Å². The number of amides is 1. The van der Waals surface area contributed by atoms with Gasteiger partial charge in [0, 0.05) is 41.9 Å². The second-order valence-corrected chi connectivity index (χ2v) is 10.8. The molecule has 4 aromatic rings. The third-order valence-corrected chi connectivity index (χ3v) is 7.92. The molecule has 8 nitrogen and oxygen atoms in total. The smallest absolute Gasteiger partial charge is 0.335 e. The molecule has 5 rings (SSSR count). The second kappa shape index (κ2) is 11.5. The molecule has 1 saturated heterocycles. The Morgan fingerprint density at radius 1 is 1.02 bits per heavy atom. The number of carboxylic acids is 1. The first-order chi connectivity index (χ1) is 19.6. The molecule has 0 saturated carbocycles. The number of aromatic nitrogens is 2. The molecule has 0 bridgehead atoms. The lowest BCUT2D eigenvalue weighted by atomic mass is 9.96. The number of aromatic carboxylic acids is 1. The summed E-state index contributed by atoms with van der Waals surface area (Å²) in [6, 6.07) is 20.4.